The number of anilines is 1. The van der Waals surface area contributed by atoms with Crippen LogP contribution in [-0.4, -0.2) is 55.2 Å². The van der Waals surface area contributed by atoms with Crippen LogP contribution >= 0.6 is 11.3 Å². The number of hydrogen-bond acceptors (Lipinski definition) is 5. The molecule has 0 unspecified atom stereocenters. The third kappa shape index (κ3) is 5.17. The SMILES string of the molecule is Cc1ccc(N2CCN(C(=O)CNC(=O)C(=O)Cc3cccs3)CC2)cc1. The maximum atomic E-state index is 12.3. The Bertz CT molecular complexity index is 794. The molecule has 27 heavy (non-hydrogen) atoms. The highest BCUT2D eigenvalue weighted by Gasteiger charge is 2.22. The monoisotopic (exact) mass is 385 g/mol. The van der Waals surface area contributed by atoms with Crippen molar-refractivity contribution in [2.75, 3.05) is 37.6 Å². The van der Waals surface area contributed by atoms with Crippen molar-refractivity contribution in [1.82, 2.24) is 10.2 Å². The van der Waals surface area contributed by atoms with Gasteiger partial charge in [-0.15, -0.1) is 11.3 Å². The molecular weight excluding hydrogens is 362 g/mol. The van der Waals surface area contributed by atoms with E-state index in [1.54, 1.807) is 4.90 Å². The van der Waals surface area contributed by atoms with Crippen LogP contribution in [0.4, 0.5) is 5.69 Å². The molecule has 0 radical (unpaired) electrons. The number of thiophene rings is 1. The Morgan fingerprint density at radius 2 is 1.74 bits per heavy atom. The number of piperazine rings is 1. The Labute approximate surface area is 162 Å². The molecule has 1 N–H and O–H groups in total. The van der Waals surface area contributed by atoms with E-state index in [2.05, 4.69) is 41.4 Å². The molecule has 3 rings (SSSR count). The van der Waals surface area contributed by atoms with Crippen molar-refractivity contribution in [2.45, 2.75) is 13.3 Å². The summed E-state index contributed by atoms with van der Waals surface area (Å²) in [6.45, 7) is 4.62. The maximum absolute atomic E-state index is 12.3. The summed E-state index contributed by atoms with van der Waals surface area (Å²) in [4.78, 5) is 40.9. The predicted molar refractivity (Wildman–Crippen MR) is 106 cm³/mol. The first kappa shape index (κ1) is 19.1. The van der Waals surface area contributed by atoms with Gasteiger partial charge in [-0.25, -0.2) is 0 Å². The molecule has 2 aromatic rings. The smallest absolute Gasteiger partial charge is 0.288 e. The number of aryl methyl sites for hydroxylation is 1. The lowest BCUT2D eigenvalue weighted by Crippen LogP contribution is -2.51. The average molecular weight is 385 g/mol. The molecule has 0 spiro atoms. The minimum atomic E-state index is -0.699. The molecule has 0 bridgehead atoms. The van der Waals surface area contributed by atoms with Crippen molar-refractivity contribution in [3.63, 3.8) is 0 Å². The maximum Gasteiger partial charge on any atom is 0.288 e. The average Bonchev–Trinajstić information content (AvgIpc) is 3.19. The van der Waals surface area contributed by atoms with Crippen LogP contribution in [0.25, 0.3) is 0 Å². The minimum Gasteiger partial charge on any atom is -0.368 e. The molecule has 142 valence electrons. The molecule has 0 atom stereocenters. The molecule has 6 nitrogen and oxygen atoms in total. The van der Waals surface area contributed by atoms with E-state index in [-0.39, 0.29) is 18.9 Å². The number of Topliss-reactive ketones (excluding diaryl/α,β-unsaturated/α-hetero) is 1. The largest absolute Gasteiger partial charge is 0.368 e. The summed E-state index contributed by atoms with van der Waals surface area (Å²) in [5, 5.41) is 4.31. The van der Waals surface area contributed by atoms with Gasteiger partial charge in [0.2, 0.25) is 11.7 Å². The van der Waals surface area contributed by atoms with Crippen molar-refractivity contribution in [3.8, 4) is 0 Å². The van der Waals surface area contributed by atoms with Crippen molar-refractivity contribution in [2.24, 2.45) is 0 Å². The molecule has 2 amide bonds. The number of ketones is 1. The second-order valence-electron chi connectivity index (χ2n) is 6.57. The summed E-state index contributed by atoms with van der Waals surface area (Å²) in [7, 11) is 0. The number of carbonyl (C=O) groups is 3. The van der Waals surface area contributed by atoms with Crippen LogP contribution in [-0.2, 0) is 20.8 Å². The van der Waals surface area contributed by atoms with E-state index in [0.29, 0.717) is 13.1 Å². The molecule has 1 aliphatic rings. The normalized spacial score (nSPS) is 14.1. The lowest BCUT2D eigenvalue weighted by atomic mass is 10.2. The molecule has 1 fully saturated rings. The van der Waals surface area contributed by atoms with Crippen LogP contribution in [0.3, 0.4) is 0 Å². The summed E-state index contributed by atoms with van der Waals surface area (Å²) in [6.07, 6.45) is 0.0763. The van der Waals surface area contributed by atoms with Crippen molar-refractivity contribution >= 4 is 34.6 Å². The van der Waals surface area contributed by atoms with Gasteiger partial charge in [-0.05, 0) is 30.5 Å². The zero-order valence-electron chi connectivity index (χ0n) is 15.3. The Morgan fingerprint density at radius 3 is 2.37 bits per heavy atom. The second-order valence-corrected chi connectivity index (χ2v) is 7.60. The fourth-order valence-corrected chi connectivity index (χ4v) is 3.69. The molecule has 1 aliphatic heterocycles. The highest BCUT2D eigenvalue weighted by Crippen LogP contribution is 2.17. The standard InChI is InChI=1S/C20H23N3O3S/c1-15-4-6-16(7-5-15)22-8-10-23(11-9-22)19(25)14-21-20(26)18(24)13-17-3-2-12-27-17/h2-7,12H,8-11,13-14H2,1H3,(H,21,26). The van der Waals surface area contributed by atoms with E-state index in [9.17, 15) is 14.4 Å². The van der Waals surface area contributed by atoms with E-state index in [1.165, 1.54) is 16.9 Å². The van der Waals surface area contributed by atoms with Crippen LogP contribution in [0, 0.1) is 6.92 Å². The first-order valence-electron chi connectivity index (χ1n) is 8.96. The number of hydrogen-bond donors (Lipinski definition) is 1. The molecule has 2 heterocycles. The highest BCUT2D eigenvalue weighted by molar-refractivity contribution is 7.10. The highest BCUT2D eigenvalue weighted by atomic mass is 32.1. The summed E-state index contributed by atoms with van der Waals surface area (Å²) in [5.74, 6) is -1.37. The molecule has 1 aromatic heterocycles. The van der Waals surface area contributed by atoms with Gasteiger partial charge in [0.25, 0.3) is 5.91 Å². The molecule has 0 saturated carbocycles. The van der Waals surface area contributed by atoms with Gasteiger partial charge in [-0.3, -0.25) is 14.4 Å². The zero-order chi connectivity index (χ0) is 19.2. The summed E-state index contributed by atoms with van der Waals surface area (Å²) < 4.78 is 0. The fourth-order valence-electron chi connectivity index (χ4n) is 2.99. The van der Waals surface area contributed by atoms with Crippen LogP contribution in [0.5, 0.6) is 0 Å². The number of amides is 2. The van der Waals surface area contributed by atoms with Gasteiger partial charge in [0, 0.05) is 36.7 Å². The van der Waals surface area contributed by atoms with Crippen molar-refractivity contribution < 1.29 is 14.4 Å². The van der Waals surface area contributed by atoms with Crippen molar-refractivity contribution in [3.05, 3.63) is 52.2 Å². The van der Waals surface area contributed by atoms with Gasteiger partial charge in [0.15, 0.2) is 0 Å². The topological polar surface area (TPSA) is 69.7 Å². The zero-order valence-corrected chi connectivity index (χ0v) is 16.1. The first-order chi connectivity index (χ1) is 13.0. The summed E-state index contributed by atoms with van der Waals surface area (Å²) in [6, 6.07) is 12.0. The van der Waals surface area contributed by atoms with Crippen LogP contribution in [0.2, 0.25) is 0 Å². The number of rotatable bonds is 6. The van der Waals surface area contributed by atoms with E-state index in [4.69, 9.17) is 0 Å². The first-order valence-corrected chi connectivity index (χ1v) is 9.83. The Hall–Kier alpha value is -2.67. The van der Waals surface area contributed by atoms with Gasteiger partial charge >= 0.3 is 0 Å². The third-order valence-electron chi connectivity index (χ3n) is 4.60. The molecular formula is C20H23N3O3S. The molecule has 0 aliphatic carbocycles. The second kappa shape index (κ2) is 8.81. The molecule has 7 heteroatoms. The van der Waals surface area contributed by atoms with Gasteiger partial charge in [0.1, 0.15) is 0 Å². The number of nitrogens with zero attached hydrogens (tertiary/aromatic N) is 2. The van der Waals surface area contributed by atoms with E-state index < -0.39 is 11.7 Å². The van der Waals surface area contributed by atoms with Crippen LogP contribution in [0.15, 0.2) is 41.8 Å². The lowest BCUT2D eigenvalue weighted by molar-refractivity contribution is -0.139. The Morgan fingerprint density at radius 1 is 1.04 bits per heavy atom. The predicted octanol–water partition coefficient (Wildman–Crippen LogP) is 1.63. The van der Waals surface area contributed by atoms with Crippen LogP contribution < -0.4 is 10.2 Å². The van der Waals surface area contributed by atoms with E-state index >= 15 is 0 Å². The minimum absolute atomic E-state index is 0.0763. The summed E-state index contributed by atoms with van der Waals surface area (Å²) in [5.41, 5.74) is 2.37. The summed E-state index contributed by atoms with van der Waals surface area (Å²) >= 11 is 1.43. The van der Waals surface area contributed by atoms with Gasteiger partial charge in [-0.1, -0.05) is 23.8 Å². The quantitative estimate of drug-likeness (QED) is 0.768. The fraction of sp³-hybridized carbons (Fsp3) is 0.350. The Balaban J connectivity index is 1.42. The van der Waals surface area contributed by atoms with Gasteiger partial charge in [0.05, 0.1) is 13.0 Å². The lowest BCUT2D eigenvalue weighted by Gasteiger charge is -2.36. The van der Waals surface area contributed by atoms with E-state index in [0.717, 1.165) is 23.7 Å². The van der Waals surface area contributed by atoms with Crippen molar-refractivity contribution in [1.29, 1.82) is 0 Å². The van der Waals surface area contributed by atoms with Crippen LogP contribution in [0.1, 0.15) is 10.4 Å². The van der Waals surface area contributed by atoms with Gasteiger partial charge in [-0.2, -0.15) is 0 Å². The number of nitrogens with one attached hydrogen (secondary N) is 1. The Kier molecular flexibility index (Phi) is 6.24. The molecule has 1 aromatic carbocycles. The molecule has 1 saturated heterocycles. The van der Waals surface area contributed by atoms with E-state index in [1.807, 2.05) is 17.5 Å². The third-order valence-corrected chi connectivity index (χ3v) is 5.48. The number of carbonyl (C=O) groups excluding carboxylic acids is 3. The van der Waals surface area contributed by atoms with Gasteiger partial charge < -0.3 is 15.1 Å². The number of benzene rings is 1.